The highest BCUT2D eigenvalue weighted by atomic mass is 15.2. The van der Waals surface area contributed by atoms with Gasteiger partial charge >= 0.3 is 0 Å². The average molecular weight is 276 g/mol. The summed E-state index contributed by atoms with van der Waals surface area (Å²) in [6.45, 7) is 10.6. The van der Waals surface area contributed by atoms with Crippen molar-refractivity contribution < 1.29 is 0 Å². The molecule has 0 bridgehead atoms. The van der Waals surface area contributed by atoms with E-state index in [1.807, 2.05) is 12.4 Å². The molecule has 0 saturated heterocycles. The highest BCUT2D eigenvalue weighted by Gasteiger charge is 2.21. The zero-order valence-corrected chi connectivity index (χ0v) is 13.1. The van der Waals surface area contributed by atoms with Crippen molar-refractivity contribution in [1.82, 2.24) is 15.3 Å². The van der Waals surface area contributed by atoms with E-state index in [9.17, 15) is 0 Å². The number of nitrogens with one attached hydrogen (secondary N) is 1. The molecule has 4 heteroatoms. The van der Waals surface area contributed by atoms with Crippen molar-refractivity contribution in [2.45, 2.75) is 46.6 Å². The molecule has 2 rings (SSSR count). The van der Waals surface area contributed by atoms with Crippen molar-refractivity contribution >= 4 is 5.95 Å². The Hall–Kier alpha value is -1.16. The molecule has 0 amide bonds. The van der Waals surface area contributed by atoms with E-state index in [1.165, 1.54) is 19.3 Å². The molecule has 0 unspecified atom stereocenters. The maximum absolute atomic E-state index is 4.53. The van der Waals surface area contributed by atoms with Gasteiger partial charge in [0.2, 0.25) is 5.95 Å². The molecule has 1 aromatic heterocycles. The summed E-state index contributed by atoms with van der Waals surface area (Å²) < 4.78 is 0. The van der Waals surface area contributed by atoms with E-state index in [0.717, 1.165) is 43.6 Å². The Morgan fingerprint density at radius 1 is 1.30 bits per heavy atom. The highest BCUT2D eigenvalue weighted by Crippen LogP contribution is 2.27. The van der Waals surface area contributed by atoms with Crippen molar-refractivity contribution in [1.29, 1.82) is 0 Å². The van der Waals surface area contributed by atoms with Crippen LogP contribution in [0, 0.1) is 11.8 Å². The number of rotatable bonds is 8. The predicted octanol–water partition coefficient (Wildman–Crippen LogP) is 2.85. The van der Waals surface area contributed by atoms with Crippen LogP contribution in [-0.2, 0) is 6.54 Å². The Kier molecular flexibility index (Phi) is 5.77. The smallest absolute Gasteiger partial charge is 0.225 e. The van der Waals surface area contributed by atoms with Gasteiger partial charge in [-0.1, -0.05) is 20.3 Å². The van der Waals surface area contributed by atoms with E-state index in [2.05, 4.69) is 41.0 Å². The zero-order chi connectivity index (χ0) is 14.4. The topological polar surface area (TPSA) is 41.1 Å². The molecular weight excluding hydrogens is 248 g/mol. The first-order valence-corrected chi connectivity index (χ1v) is 7.95. The van der Waals surface area contributed by atoms with E-state index >= 15 is 0 Å². The van der Waals surface area contributed by atoms with Gasteiger partial charge in [0.15, 0.2) is 0 Å². The number of hydrogen-bond acceptors (Lipinski definition) is 4. The van der Waals surface area contributed by atoms with E-state index in [0.29, 0.717) is 5.92 Å². The van der Waals surface area contributed by atoms with Gasteiger partial charge in [-0.15, -0.1) is 0 Å². The predicted molar refractivity (Wildman–Crippen MR) is 83.8 cm³/mol. The molecule has 0 aromatic carbocycles. The molecule has 0 radical (unpaired) electrons. The van der Waals surface area contributed by atoms with Gasteiger partial charge < -0.3 is 10.2 Å². The molecule has 1 fully saturated rings. The lowest BCUT2D eigenvalue weighted by atomic mass is 9.85. The monoisotopic (exact) mass is 276 g/mol. The molecule has 112 valence electrons. The third-order valence-electron chi connectivity index (χ3n) is 3.94. The van der Waals surface area contributed by atoms with E-state index < -0.39 is 0 Å². The summed E-state index contributed by atoms with van der Waals surface area (Å²) in [5, 5.41) is 3.42. The van der Waals surface area contributed by atoms with Crippen molar-refractivity contribution in [3.05, 3.63) is 18.0 Å². The summed E-state index contributed by atoms with van der Waals surface area (Å²) in [6.07, 6.45) is 8.04. The van der Waals surface area contributed by atoms with Gasteiger partial charge in [-0.2, -0.15) is 0 Å². The fourth-order valence-electron chi connectivity index (χ4n) is 2.45. The molecule has 1 N–H and O–H groups in total. The Morgan fingerprint density at radius 2 is 2.00 bits per heavy atom. The van der Waals surface area contributed by atoms with E-state index in [4.69, 9.17) is 0 Å². The van der Waals surface area contributed by atoms with Gasteiger partial charge in [-0.05, 0) is 38.1 Å². The van der Waals surface area contributed by atoms with E-state index in [1.54, 1.807) is 0 Å². The van der Waals surface area contributed by atoms with Crippen LogP contribution in [0.1, 0.15) is 45.6 Å². The van der Waals surface area contributed by atoms with Gasteiger partial charge in [-0.3, -0.25) is 0 Å². The number of nitrogens with zero attached hydrogens (tertiary/aromatic N) is 3. The normalized spacial score (nSPS) is 15.4. The minimum atomic E-state index is 0.674. The lowest BCUT2D eigenvalue weighted by Crippen LogP contribution is -2.33. The van der Waals surface area contributed by atoms with Gasteiger partial charge in [0.25, 0.3) is 0 Å². The summed E-state index contributed by atoms with van der Waals surface area (Å²) in [5.74, 6) is 2.41. The average Bonchev–Trinajstić information content (AvgIpc) is 2.39. The lowest BCUT2D eigenvalue weighted by molar-refractivity contribution is 0.317. The van der Waals surface area contributed by atoms with Gasteiger partial charge in [0, 0.05) is 37.6 Å². The second kappa shape index (κ2) is 7.58. The number of aromatic nitrogens is 2. The first-order chi connectivity index (χ1) is 9.69. The molecular formula is C16H28N4. The van der Waals surface area contributed by atoms with Crippen LogP contribution in [0.4, 0.5) is 5.95 Å². The molecule has 20 heavy (non-hydrogen) atoms. The molecule has 1 aliphatic carbocycles. The molecule has 0 spiro atoms. The number of hydrogen-bond donors (Lipinski definition) is 1. The first kappa shape index (κ1) is 15.2. The van der Waals surface area contributed by atoms with Crippen LogP contribution in [0.15, 0.2) is 12.4 Å². The van der Waals surface area contributed by atoms with Crippen molar-refractivity contribution in [3.8, 4) is 0 Å². The van der Waals surface area contributed by atoms with Gasteiger partial charge in [0.05, 0.1) is 0 Å². The Morgan fingerprint density at radius 3 is 2.50 bits per heavy atom. The molecule has 4 nitrogen and oxygen atoms in total. The van der Waals surface area contributed by atoms with Crippen LogP contribution in [0.2, 0.25) is 0 Å². The molecule has 0 aliphatic heterocycles. The third kappa shape index (κ3) is 4.44. The largest absolute Gasteiger partial charge is 0.341 e. The minimum absolute atomic E-state index is 0.674. The molecule has 1 aliphatic rings. The molecule has 1 heterocycles. The summed E-state index contributed by atoms with van der Waals surface area (Å²) in [5.41, 5.74) is 1.16. The number of anilines is 1. The van der Waals surface area contributed by atoms with Crippen LogP contribution in [0.25, 0.3) is 0 Å². The summed E-state index contributed by atoms with van der Waals surface area (Å²) in [4.78, 5) is 11.4. The van der Waals surface area contributed by atoms with Crippen molar-refractivity contribution in [3.63, 3.8) is 0 Å². The highest BCUT2D eigenvalue weighted by molar-refractivity contribution is 5.29. The quantitative estimate of drug-likeness (QED) is 0.792. The van der Waals surface area contributed by atoms with Crippen molar-refractivity contribution in [2.24, 2.45) is 11.8 Å². The van der Waals surface area contributed by atoms with Crippen LogP contribution >= 0.6 is 0 Å². The Labute approximate surface area is 123 Å². The summed E-state index contributed by atoms with van der Waals surface area (Å²) in [6, 6.07) is 0. The Balaban J connectivity index is 1.85. The second-order valence-corrected chi connectivity index (χ2v) is 6.25. The second-order valence-electron chi connectivity index (χ2n) is 6.25. The summed E-state index contributed by atoms with van der Waals surface area (Å²) >= 11 is 0. The van der Waals surface area contributed by atoms with Crippen LogP contribution in [0.3, 0.4) is 0 Å². The third-order valence-corrected chi connectivity index (χ3v) is 3.94. The standard InChI is InChI=1S/C16H28N4/c1-4-20(12-14-6-5-7-14)16-18-10-15(11-19-16)9-17-8-13(2)3/h10-11,13-14,17H,4-9,12H2,1-3H3. The molecule has 1 saturated carbocycles. The maximum atomic E-state index is 4.53. The van der Waals surface area contributed by atoms with Crippen LogP contribution in [0.5, 0.6) is 0 Å². The van der Waals surface area contributed by atoms with Gasteiger partial charge in [-0.25, -0.2) is 9.97 Å². The first-order valence-electron chi connectivity index (χ1n) is 7.95. The van der Waals surface area contributed by atoms with Crippen LogP contribution in [-0.4, -0.2) is 29.6 Å². The van der Waals surface area contributed by atoms with Crippen LogP contribution < -0.4 is 10.2 Å². The SMILES string of the molecule is CCN(CC1CCC1)c1ncc(CNCC(C)C)cn1. The lowest BCUT2D eigenvalue weighted by Gasteiger charge is -2.31. The van der Waals surface area contributed by atoms with Gasteiger partial charge in [0.1, 0.15) is 0 Å². The van der Waals surface area contributed by atoms with Crippen molar-refractivity contribution in [2.75, 3.05) is 24.5 Å². The maximum Gasteiger partial charge on any atom is 0.225 e. The Bertz CT molecular complexity index is 384. The van der Waals surface area contributed by atoms with E-state index in [-0.39, 0.29) is 0 Å². The minimum Gasteiger partial charge on any atom is -0.341 e. The zero-order valence-electron chi connectivity index (χ0n) is 13.1. The molecule has 0 atom stereocenters. The molecule has 1 aromatic rings. The summed E-state index contributed by atoms with van der Waals surface area (Å²) in [7, 11) is 0. The fourth-order valence-corrected chi connectivity index (χ4v) is 2.45. The fraction of sp³-hybridized carbons (Fsp3) is 0.750.